The number of aromatic amines is 1. The van der Waals surface area contributed by atoms with Gasteiger partial charge in [-0.05, 0) is 25.7 Å². The Morgan fingerprint density at radius 3 is 3.00 bits per heavy atom. The van der Waals surface area contributed by atoms with E-state index >= 15 is 0 Å². The van der Waals surface area contributed by atoms with E-state index in [0.717, 1.165) is 49.4 Å². The van der Waals surface area contributed by atoms with Crippen LogP contribution in [0.15, 0.2) is 10.7 Å². The summed E-state index contributed by atoms with van der Waals surface area (Å²) in [6.07, 6.45) is 6.65. The van der Waals surface area contributed by atoms with Crippen LogP contribution in [0.25, 0.3) is 11.6 Å². The zero-order valence-corrected chi connectivity index (χ0v) is 10.4. The zero-order valence-electron chi connectivity index (χ0n) is 10.4. The maximum Gasteiger partial charge on any atom is 0.275 e. The Kier molecular flexibility index (Phi) is 2.66. The Labute approximate surface area is 105 Å². The van der Waals surface area contributed by atoms with E-state index in [9.17, 15) is 0 Å². The first kappa shape index (κ1) is 11.4. The quantitative estimate of drug-likeness (QED) is 0.858. The molecule has 1 aliphatic rings. The topological polar surface area (TPSA) is 93.6 Å². The number of hydrogen-bond acceptors (Lipinski definition) is 5. The van der Waals surface area contributed by atoms with E-state index in [2.05, 4.69) is 27.0 Å². The van der Waals surface area contributed by atoms with Crippen LogP contribution in [0.1, 0.15) is 44.3 Å². The van der Waals surface area contributed by atoms with Crippen molar-refractivity contribution in [3.63, 3.8) is 0 Å². The Balaban J connectivity index is 1.83. The van der Waals surface area contributed by atoms with Gasteiger partial charge in [0.15, 0.2) is 5.82 Å². The first-order valence-electron chi connectivity index (χ1n) is 6.38. The van der Waals surface area contributed by atoms with E-state index in [-0.39, 0.29) is 5.54 Å². The normalized spacial score (nSPS) is 17.7. The number of nitrogens with one attached hydrogen (secondary N) is 1. The fourth-order valence-electron chi connectivity index (χ4n) is 2.17. The number of nitrogens with two attached hydrogens (primary N) is 1. The Morgan fingerprint density at radius 2 is 2.33 bits per heavy atom. The minimum Gasteiger partial charge on any atom is -0.336 e. The van der Waals surface area contributed by atoms with Crippen LogP contribution < -0.4 is 5.73 Å². The van der Waals surface area contributed by atoms with Gasteiger partial charge in [-0.25, -0.2) is 4.98 Å². The van der Waals surface area contributed by atoms with Crippen LogP contribution in [0.2, 0.25) is 0 Å². The molecule has 0 aliphatic heterocycles. The number of aryl methyl sites for hydroxylation is 1. The van der Waals surface area contributed by atoms with Crippen LogP contribution in [-0.2, 0) is 12.0 Å². The van der Waals surface area contributed by atoms with Gasteiger partial charge in [0.2, 0.25) is 0 Å². The van der Waals surface area contributed by atoms with Crippen molar-refractivity contribution in [1.82, 2.24) is 20.1 Å². The van der Waals surface area contributed by atoms with Crippen molar-refractivity contribution >= 4 is 0 Å². The van der Waals surface area contributed by atoms with Crippen LogP contribution in [0, 0.1) is 0 Å². The fraction of sp³-hybridized carbons (Fsp3) is 0.583. The van der Waals surface area contributed by atoms with Gasteiger partial charge < -0.3 is 15.2 Å². The molecule has 1 aliphatic carbocycles. The largest absolute Gasteiger partial charge is 0.336 e. The summed E-state index contributed by atoms with van der Waals surface area (Å²) in [4.78, 5) is 11.8. The van der Waals surface area contributed by atoms with Crippen molar-refractivity contribution in [2.24, 2.45) is 5.73 Å². The molecule has 1 saturated carbocycles. The van der Waals surface area contributed by atoms with Gasteiger partial charge in [0, 0.05) is 6.42 Å². The van der Waals surface area contributed by atoms with Crippen molar-refractivity contribution in [1.29, 1.82) is 0 Å². The molecule has 0 amide bonds. The van der Waals surface area contributed by atoms with Gasteiger partial charge in [0.1, 0.15) is 11.5 Å². The van der Waals surface area contributed by atoms with Gasteiger partial charge in [-0.2, -0.15) is 4.98 Å². The van der Waals surface area contributed by atoms with Gasteiger partial charge in [-0.1, -0.05) is 12.1 Å². The van der Waals surface area contributed by atoms with Gasteiger partial charge in [-0.3, -0.25) is 0 Å². The predicted octanol–water partition coefficient (Wildman–Crippen LogP) is 1.75. The van der Waals surface area contributed by atoms with Crippen LogP contribution in [0.4, 0.5) is 0 Å². The second-order valence-electron chi connectivity index (χ2n) is 4.92. The van der Waals surface area contributed by atoms with Crippen LogP contribution >= 0.6 is 0 Å². The van der Waals surface area contributed by atoms with Crippen molar-refractivity contribution in [2.45, 2.75) is 44.6 Å². The monoisotopic (exact) mass is 247 g/mol. The summed E-state index contributed by atoms with van der Waals surface area (Å²) in [5.74, 6) is 2.04. The number of nitrogens with zero attached hydrogens (tertiary/aromatic N) is 3. The Bertz CT molecular complexity index is 540. The zero-order chi connectivity index (χ0) is 12.6. The molecule has 2 aromatic rings. The molecule has 0 atom stereocenters. The van der Waals surface area contributed by atoms with E-state index in [4.69, 9.17) is 10.3 Å². The van der Waals surface area contributed by atoms with Crippen LogP contribution in [0.3, 0.4) is 0 Å². The standard InChI is InChI=1S/C12H17N5O/c1-2-4-9-16-10(18-17-9)8-7-14-11(15-8)12(13)5-3-6-12/h7H,2-6,13H2,1H3,(H,14,15). The maximum absolute atomic E-state index is 6.21. The summed E-state index contributed by atoms with van der Waals surface area (Å²) in [5.41, 5.74) is 6.67. The summed E-state index contributed by atoms with van der Waals surface area (Å²) in [6.45, 7) is 2.08. The van der Waals surface area contributed by atoms with Crippen molar-refractivity contribution in [3.8, 4) is 11.6 Å². The molecule has 3 N–H and O–H groups in total. The molecule has 2 aromatic heterocycles. The smallest absolute Gasteiger partial charge is 0.275 e. The maximum atomic E-state index is 6.21. The molecule has 6 heteroatoms. The summed E-state index contributed by atoms with van der Waals surface area (Å²) < 4.78 is 5.21. The lowest BCUT2D eigenvalue weighted by Crippen LogP contribution is -2.44. The summed E-state index contributed by atoms with van der Waals surface area (Å²) in [7, 11) is 0. The molecule has 0 unspecified atom stereocenters. The lowest BCUT2D eigenvalue weighted by molar-refractivity contribution is 0.240. The van der Waals surface area contributed by atoms with Crippen molar-refractivity contribution < 1.29 is 4.52 Å². The van der Waals surface area contributed by atoms with Crippen molar-refractivity contribution in [3.05, 3.63) is 17.8 Å². The van der Waals surface area contributed by atoms with Gasteiger partial charge in [0.25, 0.3) is 5.89 Å². The number of H-pyrrole nitrogens is 1. The average Bonchev–Trinajstić information content (AvgIpc) is 2.94. The molecule has 0 spiro atoms. The van der Waals surface area contributed by atoms with Crippen LogP contribution in [-0.4, -0.2) is 20.1 Å². The lowest BCUT2D eigenvalue weighted by atomic mass is 9.77. The molecule has 18 heavy (non-hydrogen) atoms. The highest BCUT2D eigenvalue weighted by molar-refractivity contribution is 5.45. The van der Waals surface area contributed by atoms with Crippen molar-refractivity contribution in [2.75, 3.05) is 0 Å². The highest BCUT2D eigenvalue weighted by Gasteiger charge is 2.37. The number of hydrogen-bond donors (Lipinski definition) is 2. The second kappa shape index (κ2) is 4.20. The Hall–Kier alpha value is -1.69. The van der Waals surface area contributed by atoms with Crippen LogP contribution in [0.5, 0.6) is 0 Å². The average molecular weight is 247 g/mol. The molecule has 0 saturated heterocycles. The predicted molar refractivity (Wildman–Crippen MR) is 65.6 cm³/mol. The third-order valence-corrected chi connectivity index (χ3v) is 3.47. The van der Waals surface area contributed by atoms with E-state index in [1.54, 1.807) is 6.20 Å². The first-order chi connectivity index (χ1) is 8.71. The molecule has 1 fully saturated rings. The summed E-state index contributed by atoms with van der Waals surface area (Å²) in [6, 6.07) is 0. The van der Waals surface area contributed by atoms with Gasteiger partial charge in [0.05, 0.1) is 11.7 Å². The van der Waals surface area contributed by atoms with Gasteiger partial charge in [-0.15, -0.1) is 0 Å². The number of aromatic nitrogens is 4. The third kappa shape index (κ3) is 1.82. The number of rotatable bonds is 4. The first-order valence-corrected chi connectivity index (χ1v) is 6.38. The highest BCUT2D eigenvalue weighted by atomic mass is 16.5. The second-order valence-corrected chi connectivity index (χ2v) is 4.92. The molecule has 0 bridgehead atoms. The number of imidazole rings is 1. The molecule has 3 rings (SSSR count). The van der Waals surface area contributed by atoms with E-state index < -0.39 is 0 Å². The molecular weight excluding hydrogens is 230 g/mol. The summed E-state index contributed by atoms with van der Waals surface area (Å²) in [5, 5.41) is 3.92. The fourth-order valence-corrected chi connectivity index (χ4v) is 2.17. The molecule has 6 nitrogen and oxygen atoms in total. The van der Waals surface area contributed by atoms with E-state index in [1.807, 2.05) is 0 Å². The minimum absolute atomic E-state index is 0.287. The van der Waals surface area contributed by atoms with Gasteiger partial charge >= 0.3 is 0 Å². The molecule has 96 valence electrons. The Morgan fingerprint density at radius 1 is 1.50 bits per heavy atom. The summed E-state index contributed by atoms with van der Waals surface area (Å²) >= 11 is 0. The lowest BCUT2D eigenvalue weighted by Gasteiger charge is -2.35. The molecule has 2 heterocycles. The highest BCUT2D eigenvalue weighted by Crippen LogP contribution is 2.37. The van der Waals surface area contributed by atoms with E-state index in [1.165, 1.54) is 0 Å². The molecule has 0 radical (unpaired) electrons. The molecule has 0 aromatic carbocycles. The SMILES string of the molecule is CCCc1noc(-c2cnc(C3(N)CCC3)[nH]2)n1. The van der Waals surface area contributed by atoms with E-state index in [0.29, 0.717) is 5.89 Å². The third-order valence-electron chi connectivity index (χ3n) is 3.47. The minimum atomic E-state index is -0.287. The molecular formula is C12H17N5O.